The molecule has 0 aromatic heterocycles. The predicted molar refractivity (Wildman–Crippen MR) is 126 cm³/mol. The molecule has 0 aliphatic heterocycles. The molecule has 1 aliphatic rings. The van der Waals surface area contributed by atoms with Gasteiger partial charge in [-0.15, -0.1) is 0 Å². The van der Waals surface area contributed by atoms with Gasteiger partial charge in [0.05, 0.1) is 6.07 Å². The number of alkyl carbamates (subject to hydrolysis) is 1. The highest BCUT2D eigenvalue weighted by Gasteiger charge is 2.36. The van der Waals surface area contributed by atoms with Crippen molar-refractivity contribution < 1.29 is 24.2 Å². The summed E-state index contributed by atoms with van der Waals surface area (Å²) >= 11 is 0. The van der Waals surface area contributed by atoms with E-state index in [-0.39, 0.29) is 31.8 Å². The van der Waals surface area contributed by atoms with Crippen molar-refractivity contribution >= 4 is 18.0 Å². The van der Waals surface area contributed by atoms with Crippen molar-refractivity contribution in [1.29, 1.82) is 5.26 Å². The smallest absolute Gasteiger partial charge is 0.407 e. The van der Waals surface area contributed by atoms with Crippen molar-refractivity contribution in [1.82, 2.24) is 10.6 Å². The van der Waals surface area contributed by atoms with Crippen LogP contribution in [0.4, 0.5) is 4.79 Å². The van der Waals surface area contributed by atoms with E-state index in [0.717, 1.165) is 22.3 Å². The molecule has 178 valence electrons. The number of nitrogens with one attached hydrogen (secondary N) is 2. The fourth-order valence-corrected chi connectivity index (χ4v) is 4.09. The fourth-order valence-electron chi connectivity index (χ4n) is 4.09. The summed E-state index contributed by atoms with van der Waals surface area (Å²) < 4.78 is 5.52. The molecular weight excluding hydrogens is 434 g/mol. The number of ether oxygens (including phenoxy) is 1. The third-order valence-electron chi connectivity index (χ3n) is 6.31. The zero-order valence-corrected chi connectivity index (χ0v) is 19.3. The number of hydrogen-bond donors (Lipinski definition) is 3. The normalized spacial score (nSPS) is 14.6. The first-order valence-corrected chi connectivity index (χ1v) is 11.3. The van der Waals surface area contributed by atoms with Gasteiger partial charge in [-0.1, -0.05) is 55.5 Å². The van der Waals surface area contributed by atoms with Crippen LogP contribution in [0.1, 0.15) is 56.6 Å². The first-order chi connectivity index (χ1) is 16.3. The number of amides is 2. The third-order valence-corrected chi connectivity index (χ3v) is 6.31. The maximum absolute atomic E-state index is 12.8. The van der Waals surface area contributed by atoms with Gasteiger partial charge in [0, 0.05) is 12.3 Å². The van der Waals surface area contributed by atoms with E-state index in [0.29, 0.717) is 6.42 Å². The summed E-state index contributed by atoms with van der Waals surface area (Å²) in [5.74, 6) is -1.92. The van der Waals surface area contributed by atoms with Gasteiger partial charge in [-0.3, -0.25) is 4.79 Å². The lowest BCUT2D eigenvalue weighted by Crippen LogP contribution is -2.57. The molecule has 2 unspecified atom stereocenters. The van der Waals surface area contributed by atoms with Crippen molar-refractivity contribution in [3.63, 3.8) is 0 Å². The Kier molecular flexibility index (Phi) is 7.90. The number of carbonyl (C=O) groups excluding carboxylic acids is 2. The summed E-state index contributed by atoms with van der Waals surface area (Å²) in [7, 11) is 0. The SMILES string of the molecule is CCC(C)(NC(=O)C(CCCC#N)NC(=O)OCC1c2ccccc2-c2ccccc21)C(=O)O. The molecule has 2 amide bonds. The van der Waals surface area contributed by atoms with Crippen LogP contribution in [-0.4, -0.2) is 41.3 Å². The van der Waals surface area contributed by atoms with Crippen molar-refractivity contribution in [3.05, 3.63) is 59.7 Å². The van der Waals surface area contributed by atoms with Gasteiger partial charge < -0.3 is 20.5 Å². The van der Waals surface area contributed by atoms with Gasteiger partial charge in [-0.2, -0.15) is 5.26 Å². The van der Waals surface area contributed by atoms with Gasteiger partial charge in [0.15, 0.2) is 0 Å². The zero-order chi connectivity index (χ0) is 24.7. The third kappa shape index (κ3) is 5.37. The average molecular weight is 464 g/mol. The van der Waals surface area contributed by atoms with Crippen molar-refractivity contribution in [2.45, 2.75) is 57.0 Å². The Balaban J connectivity index is 1.68. The van der Waals surface area contributed by atoms with Gasteiger partial charge in [-0.25, -0.2) is 9.59 Å². The lowest BCUT2D eigenvalue weighted by molar-refractivity contribution is -0.147. The number of carbonyl (C=O) groups is 3. The zero-order valence-electron chi connectivity index (χ0n) is 19.3. The Morgan fingerprint density at radius 3 is 2.24 bits per heavy atom. The van der Waals surface area contributed by atoms with Crippen LogP contribution in [0, 0.1) is 11.3 Å². The summed E-state index contributed by atoms with van der Waals surface area (Å²) in [6.45, 7) is 3.15. The van der Waals surface area contributed by atoms with Crippen LogP contribution in [0.3, 0.4) is 0 Å². The van der Waals surface area contributed by atoms with Gasteiger partial charge in [0.2, 0.25) is 5.91 Å². The minimum absolute atomic E-state index is 0.0915. The van der Waals surface area contributed by atoms with Crippen molar-refractivity contribution in [3.8, 4) is 17.2 Å². The monoisotopic (exact) mass is 463 g/mol. The molecule has 0 heterocycles. The van der Waals surface area contributed by atoms with E-state index in [9.17, 15) is 19.5 Å². The van der Waals surface area contributed by atoms with Crippen LogP contribution in [0.25, 0.3) is 11.1 Å². The highest BCUT2D eigenvalue weighted by atomic mass is 16.5. The van der Waals surface area contributed by atoms with Gasteiger partial charge in [0.25, 0.3) is 0 Å². The molecule has 2 atom stereocenters. The molecular formula is C26H29N3O5. The van der Waals surface area contributed by atoms with E-state index < -0.39 is 29.6 Å². The van der Waals surface area contributed by atoms with E-state index in [4.69, 9.17) is 10.00 Å². The Labute approximate surface area is 198 Å². The molecule has 3 N–H and O–H groups in total. The summed E-state index contributed by atoms with van der Waals surface area (Å²) in [5.41, 5.74) is 2.88. The van der Waals surface area contributed by atoms with Gasteiger partial charge in [0.1, 0.15) is 18.2 Å². The van der Waals surface area contributed by atoms with Crippen LogP contribution in [0.5, 0.6) is 0 Å². The standard InChI is InChI=1S/C26H29N3O5/c1-3-26(2,24(31)32)29-23(30)22(14-8-9-15-27)28-25(33)34-16-21-19-12-6-4-10-17(19)18-11-5-7-13-20(18)21/h4-7,10-13,21-22H,3,8-9,14,16H2,1-2H3,(H,28,33)(H,29,30)(H,31,32). The number of nitrogens with zero attached hydrogens (tertiary/aromatic N) is 1. The highest BCUT2D eigenvalue weighted by Crippen LogP contribution is 2.44. The molecule has 2 aromatic rings. The number of carboxylic acids is 1. The number of rotatable bonds is 10. The maximum atomic E-state index is 12.8. The number of carboxylic acid groups (broad SMARTS) is 1. The lowest BCUT2D eigenvalue weighted by Gasteiger charge is -2.27. The molecule has 8 nitrogen and oxygen atoms in total. The van der Waals surface area contributed by atoms with E-state index in [1.54, 1.807) is 6.92 Å². The molecule has 0 saturated heterocycles. The molecule has 1 aliphatic carbocycles. The minimum atomic E-state index is -1.46. The molecule has 0 spiro atoms. The topological polar surface area (TPSA) is 129 Å². The lowest BCUT2D eigenvalue weighted by atomic mass is 9.98. The molecule has 0 saturated carbocycles. The van der Waals surface area contributed by atoms with Crippen molar-refractivity contribution in [2.75, 3.05) is 6.61 Å². The highest BCUT2D eigenvalue weighted by molar-refractivity contribution is 5.91. The van der Waals surface area contributed by atoms with E-state index in [1.807, 2.05) is 54.6 Å². The Morgan fingerprint density at radius 1 is 1.12 bits per heavy atom. The number of nitriles is 1. The molecule has 8 heteroatoms. The van der Waals surface area contributed by atoms with Crippen LogP contribution in [-0.2, 0) is 14.3 Å². The van der Waals surface area contributed by atoms with Crippen LogP contribution >= 0.6 is 0 Å². The number of unbranched alkanes of at least 4 members (excludes halogenated alkanes) is 1. The predicted octanol–water partition coefficient (Wildman–Crippen LogP) is 3.96. The Hall–Kier alpha value is -3.86. The number of hydrogen-bond acceptors (Lipinski definition) is 5. The largest absolute Gasteiger partial charge is 0.480 e. The van der Waals surface area contributed by atoms with E-state index in [1.165, 1.54) is 6.92 Å². The summed E-state index contributed by atoms with van der Waals surface area (Å²) in [6.07, 6.45) is 0.161. The Morgan fingerprint density at radius 2 is 1.71 bits per heavy atom. The van der Waals surface area contributed by atoms with Gasteiger partial charge >= 0.3 is 12.1 Å². The second kappa shape index (κ2) is 10.8. The van der Waals surface area contributed by atoms with E-state index in [2.05, 4.69) is 10.6 Å². The number of aliphatic carboxylic acids is 1. The van der Waals surface area contributed by atoms with E-state index >= 15 is 0 Å². The second-order valence-corrected chi connectivity index (χ2v) is 8.55. The summed E-state index contributed by atoms with van der Waals surface area (Å²) in [4.78, 5) is 37.0. The summed E-state index contributed by atoms with van der Waals surface area (Å²) in [5, 5.41) is 23.3. The van der Waals surface area contributed by atoms with Crippen LogP contribution < -0.4 is 10.6 Å². The average Bonchev–Trinajstić information content (AvgIpc) is 3.15. The van der Waals surface area contributed by atoms with Gasteiger partial charge in [-0.05, 0) is 48.4 Å². The maximum Gasteiger partial charge on any atom is 0.407 e. The van der Waals surface area contributed by atoms with Crippen LogP contribution in [0.2, 0.25) is 0 Å². The van der Waals surface area contributed by atoms with Crippen molar-refractivity contribution in [2.24, 2.45) is 0 Å². The number of fused-ring (bicyclic) bond motifs is 3. The molecule has 0 fully saturated rings. The number of benzene rings is 2. The molecule has 0 bridgehead atoms. The molecule has 0 radical (unpaired) electrons. The summed E-state index contributed by atoms with van der Waals surface area (Å²) in [6, 6.07) is 16.9. The molecule has 2 aromatic carbocycles. The first-order valence-electron chi connectivity index (χ1n) is 11.3. The Bertz CT molecular complexity index is 1060. The quantitative estimate of drug-likeness (QED) is 0.458. The second-order valence-electron chi connectivity index (χ2n) is 8.55. The van der Waals surface area contributed by atoms with Crippen LogP contribution in [0.15, 0.2) is 48.5 Å². The molecule has 34 heavy (non-hydrogen) atoms. The molecule has 3 rings (SSSR count). The fraction of sp³-hybridized carbons (Fsp3) is 0.385. The minimum Gasteiger partial charge on any atom is -0.480 e. The first kappa shape index (κ1) is 24.8.